The lowest BCUT2D eigenvalue weighted by Gasteiger charge is -2.25. The number of hydrogen-bond donors (Lipinski definition) is 1. The second-order valence-corrected chi connectivity index (χ2v) is 7.24. The smallest absolute Gasteiger partial charge is 0.295 e. The molecule has 1 atom stereocenters. The van der Waals surface area contributed by atoms with Crippen molar-refractivity contribution in [3.63, 3.8) is 0 Å². The molecule has 1 aliphatic rings. The average molecular weight is 414 g/mol. The molecule has 1 saturated heterocycles. The molecule has 0 aliphatic carbocycles. The monoisotopic (exact) mass is 413 g/mol. The van der Waals surface area contributed by atoms with Gasteiger partial charge in [0.2, 0.25) is 0 Å². The molecule has 0 bridgehead atoms. The van der Waals surface area contributed by atoms with Gasteiger partial charge in [-0.1, -0.05) is 55.3 Å². The van der Waals surface area contributed by atoms with Crippen LogP contribution in [0.5, 0.6) is 5.75 Å². The Morgan fingerprint density at radius 2 is 1.86 bits per heavy atom. The van der Waals surface area contributed by atoms with Crippen LogP contribution in [0.1, 0.15) is 43.9 Å². The fourth-order valence-corrected chi connectivity index (χ4v) is 3.72. The highest BCUT2D eigenvalue weighted by Gasteiger charge is 2.45. The number of ether oxygens (including phenoxy) is 1. The van der Waals surface area contributed by atoms with E-state index in [0.29, 0.717) is 18.9 Å². The van der Waals surface area contributed by atoms with E-state index in [1.807, 2.05) is 44.2 Å². The SMILES string of the molecule is CCCCN1C(=O)C(=O)/C(=C(/O)c2cc(OCC)ccc2Cl)C1c1ccccc1. The molecule has 29 heavy (non-hydrogen) atoms. The molecular weight excluding hydrogens is 390 g/mol. The van der Waals surface area contributed by atoms with Crippen LogP contribution in [-0.2, 0) is 9.59 Å². The van der Waals surface area contributed by atoms with Gasteiger partial charge in [-0.05, 0) is 37.1 Å². The highest BCUT2D eigenvalue weighted by Crippen LogP contribution is 2.41. The Hall–Kier alpha value is -2.79. The van der Waals surface area contributed by atoms with Crippen LogP contribution in [0.15, 0.2) is 54.1 Å². The van der Waals surface area contributed by atoms with Crippen molar-refractivity contribution in [2.24, 2.45) is 0 Å². The third-order valence-corrected chi connectivity index (χ3v) is 5.24. The standard InChI is InChI=1S/C23H24ClNO4/c1-3-5-13-25-20(15-9-7-6-8-10-15)19(22(27)23(25)28)21(26)17-14-16(29-4-2)11-12-18(17)24/h6-12,14,20,26H,3-5,13H2,1-2H3/b21-19+. The molecule has 1 N–H and O–H groups in total. The molecule has 2 aromatic carbocycles. The summed E-state index contributed by atoms with van der Waals surface area (Å²) in [5.41, 5.74) is 1.08. The number of aliphatic hydroxyl groups excluding tert-OH is 1. The maximum absolute atomic E-state index is 12.9. The van der Waals surface area contributed by atoms with Crippen molar-refractivity contribution in [2.75, 3.05) is 13.2 Å². The van der Waals surface area contributed by atoms with Gasteiger partial charge in [0.05, 0.1) is 23.2 Å². The van der Waals surface area contributed by atoms with Crippen molar-refractivity contribution in [3.05, 3.63) is 70.3 Å². The molecular formula is C23H24ClNO4. The first kappa shape index (κ1) is 20.9. The number of ketones is 1. The Morgan fingerprint density at radius 1 is 1.14 bits per heavy atom. The van der Waals surface area contributed by atoms with Crippen LogP contribution < -0.4 is 4.74 Å². The van der Waals surface area contributed by atoms with E-state index in [2.05, 4.69) is 0 Å². The molecule has 0 aromatic heterocycles. The van der Waals surface area contributed by atoms with Crippen molar-refractivity contribution in [1.82, 2.24) is 4.90 Å². The molecule has 0 saturated carbocycles. The first-order valence-electron chi connectivity index (χ1n) is 9.75. The first-order chi connectivity index (χ1) is 14.0. The van der Waals surface area contributed by atoms with Gasteiger partial charge in [0.15, 0.2) is 0 Å². The van der Waals surface area contributed by atoms with Crippen molar-refractivity contribution < 1.29 is 19.4 Å². The molecule has 152 valence electrons. The van der Waals surface area contributed by atoms with Crippen LogP contribution in [0.4, 0.5) is 0 Å². The molecule has 0 spiro atoms. The summed E-state index contributed by atoms with van der Waals surface area (Å²) in [4.78, 5) is 27.2. The fraction of sp³-hybridized carbons (Fsp3) is 0.304. The largest absolute Gasteiger partial charge is 0.507 e. The molecule has 5 nitrogen and oxygen atoms in total. The van der Waals surface area contributed by atoms with Gasteiger partial charge in [0, 0.05) is 12.1 Å². The Bertz CT molecular complexity index is 939. The zero-order valence-electron chi connectivity index (χ0n) is 16.5. The summed E-state index contributed by atoms with van der Waals surface area (Å²) in [6.07, 6.45) is 1.64. The zero-order chi connectivity index (χ0) is 21.0. The van der Waals surface area contributed by atoms with Gasteiger partial charge in [0.25, 0.3) is 11.7 Å². The van der Waals surface area contributed by atoms with E-state index < -0.39 is 17.7 Å². The number of aliphatic hydroxyl groups is 1. The van der Waals surface area contributed by atoms with E-state index in [1.165, 1.54) is 4.90 Å². The lowest BCUT2D eigenvalue weighted by molar-refractivity contribution is -0.139. The number of carbonyl (C=O) groups is 2. The highest BCUT2D eigenvalue weighted by atomic mass is 35.5. The van der Waals surface area contributed by atoms with Gasteiger partial charge in [-0.3, -0.25) is 9.59 Å². The highest BCUT2D eigenvalue weighted by molar-refractivity contribution is 6.47. The van der Waals surface area contributed by atoms with Crippen LogP contribution in [0.25, 0.3) is 5.76 Å². The first-order valence-corrected chi connectivity index (χ1v) is 10.1. The van der Waals surface area contributed by atoms with Crippen molar-refractivity contribution >= 4 is 29.1 Å². The predicted molar refractivity (Wildman–Crippen MR) is 113 cm³/mol. The van der Waals surface area contributed by atoms with Crippen LogP contribution in [0.2, 0.25) is 5.02 Å². The molecule has 0 radical (unpaired) electrons. The van der Waals surface area contributed by atoms with Crippen LogP contribution >= 0.6 is 11.6 Å². The summed E-state index contributed by atoms with van der Waals surface area (Å²) in [5, 5.41) is 11.4. The number of rotatable bonds is 7. The lowest BCUT2D eigenvalue weighted by Crippen LogP contribution is -2.30. The van der Waals surface area contributed by atoms with Gasteiger partial charge in [0.1, 0.15) is 11.5 Å². The van der Waals surface area contributed by atoms with E-state index >= 15 is 0 Å². The number of amides is 1. The quantitative estimate of drug-likeness (QED) is 0.395. The molecule has 2 aromatic rings. The fourth-order valence-electron chi connectivity index (χ4n) is 3.51. The summed E-state index contributed by atoms with van der Waals surface area (Å²) in [6, 6.07) is 13.5. The van der Waals surface area contributed by atoms with E-state index in [0.717, 1.165) is 18.4 Å². The molecule has 6 heteroatoms. The number of nitrogens with zero attached hydrogens (tertiary/aromatic N) is 1. The number of halogens is 1. The van der Waals surface area contributed by atoms with Gasteiger partial charge >= 0.3 is 0 Å². The Kier molecular flexibility index (Phi) is 6.60. The second kappa shape index (κ2) is 9.14. The van der Waals surface area contributed by atoms with Crippen molar-refractivity contribution in [1.29, 1.82) is 0 Å². The Balaban J connectivity index is 2.17. The lowest BCUT2D eigenvalue weighted by atomic mass is 9.95. The molecule has 3 rings (SSSR count). The number of Topliss-reactive ketones (excluding diaryl/α,β-unsaturated/α-hetero) is 1. The minimum absolute atomic E-state index is 0.0489. The number of benzene rings is 2. The third-order valence-electron chi connectivity index (χ3n) is 4.91. The minimum Gasteiger partial charge on any atom is -0.507 e. The summed E-state index contributed by atoms with van der Waals surface area (Å²) in [7, 11) is 0. The molecule has 1 aliphatic heterocycles. The summed E-state index contributed by atoms with van der Waals surface area (Å²) in [6.45, 7) is 4.76. The molecule has 1 unspecified atom stereocenters. The van der Waals surface area contributed by atoms with Gasteiger partial charge in [-0.2, -0.15) is 0 Å². The number of likely N-dealkylation sites (tertiary alicyclic amines) is 1. The minimum atomic E-state index is -0.703. The van der Waals surface area contributed by atoms with Gasteiger partial charge in [-0.25, -0.2) is 0 Å². The van der Waals surface area contributed by atoms with Gasteiger partial charge in [-0.15, -0.1) is 0 Å². The number of unbranched alkanes of at least 4 members (excludes halogenated alkanes) is 1. The van der Waals surface area contributed by atoms with E-state index in [-0.39, 0.29) is 21.9 Å². The van der Waals surface area contributed by atoms with E-state index in [1.54, 1.807) is 18.2 Å². The summed E-state index contributed by atoms with van der Waals surface area (Å²) in [5.74, 6) is -1.08. The topological polar surface area (TPSA) is 66.8 Å². The van der Waals surface area contributed by atoms with Crippen LogP contribution in [-0.4, -0.2) is 34.8 Å². The number of hydrogen-bond acceptors (Lipinski definition) is 4. The maximum atomic E-state index is 12.9. The molecule has 1 fully saturated rings. The second-order valence-electron chi connectivity index (χ2n) is 6.83. The van der Waals surface area contributed by atoms with Crippen LogP contribution in [0.3, 0.4) is 0 Å². The Morgan fingerprint density at radius 3 is 2.52 bits per heavy atom. The average Bonchev–Trinajstić information content (AvgIpc) is 2.98. The normalized spacial score (nSPS) is 18.3. The summed E-state index contributed by atoms with van der Waals surface area (Å²) < 4.78 is 5.49. The predicted octanol–water partition coefficient (Wildman–Crippen LogP) is 4.96. The van der Waals surface area contributed by atoms with Crippen LogP contribution in [0, 0.1) is 0 Å². The number of carbonyl (C=O) groups excluding carboxylic acids is 2. The van der Waals surface area contributed by atoms with E-state index in [4.69, 9.17) is 16.3 Å². The van der Waals surface area contributed by atoms with E-state index in [9.17, 15) is 14.7 Å². The zero-order valence-corrected chi connectivity index (χ0v) is 17.3. The van der Waals surface area contributed by atoms with Crippen molar-refractivity contribution in [2.45, 2.75) is 32.7 Å². The summed E-state index contributed by atoms with van der Waals surface area (Å²) >= 11 is 6.31. The third kappa shape index (κ3) is 4.15. The van der Waals surface area contributed by atoms with Gasteiger partial charge < -0.3 is 14.7 Å². The molecule has 1 amide bonds. The Labute approximate surface area is 175 Å². The maximum Gasteiger partial charge on any atom is 0.295 e. The van der Waals surface area contributed by atoms with Crippen molar-refractivity contribution in [3.8, 4) is 5.75 Å². The molecule has 1 heterocycles.